The SMILES string of the molecule is COc1ccc(CNC(=O)COC(=O)CSc2ccc(Cl)cc2)cc1. The van der Waals surface area contributed by atoms with Gasteiger partial charge in [-0.25, -0.2) is 0 Å². The van der Waals surface area contributed by atoms with Gasteiger partial charge in [0.15, 0.2) is 6.61 Å². The monoisotopic (exact) mass is 379 g/mol. The molecular formula is C18H18ClNO4S. The van der Waals surface area contributed by atoms with Crippen LogP contribution in [0.4, 0.5) is 0 Å². The fourth-order valence-corrected chi connectivity index (χ4v) is 2.68. The summed E-state index contributed by atoms with van der Waals surface area (Å²) in [7, 11) is 1.59. The molecule has 0 aliphatic heterocycles. The Morgan fingerprint density at radius 3 is 2.40 bits per heavy atom. The largest absolute Gasteiger partial charge is 0.497 e. The number of carbonyl (C=O) groups is 2. The van der Waals surface area contributed by atoms with Crippen molar-refractivity contribution in [1.29, 1.82) is 0 Å². The summed E-state index contributed by atoms with van der Waals surface area (Å²) in [4.78, 5) is 24.3. The maximum Gasteiger partial charge on any atom is 0.316 e. The maximum atomic E-state index is 11.7. The molecule has 5 nitrogen and oxygen atoms in total. The van der Waals surface area contributed by atoms with Gasteiger partial charge in [0.2, 0.25) is 0 Å². The van der Waals surface area contributed by atoms with Crippen molar-refractivity contribution < 1.29 is 19.1 Å². The van der Waals surface area contributed by atoms with Crippen LogP contribution in [0.25, 0.3) is 0 Å². The van der Waals surface area contributed by atoms with Gasteiger partial charge < -0.3 is 14.8 Å². The van der Waals surface area contributed by atoms with Gasteiger partial charge in [0, 0.05) is 16.5 Å². The Hall–Kier alpha value is -2.18. The minimum Gasteiger partial charge on any atom is -0.497 e. The fourth-order valence-electron chi connectivity index (χ4n) is 1.86. The van der Waals surface area contributed by atoms with Crippen molar-refractivity contribution in [2.75, 3.05) is 19.5 Å². The first-order chi connectivity index (χ1) is 12.1. The van der Waals surface area contributed by atoms with Gasteiger partial charge in [0.25, 0.3) is 5.91 Å². The lowest BCUT2D eigenvalue weighted by atomic mass is 10.2. The summed E-state index contributed by atoms with van der Waals surface area (Å²) in [6.45, 7) is 0.0655. The number of methoxy groups -OCH3 is 1. The van der Waals surface area contributed by atoms with Gasteiger partial charge in [-0.1, -0.05) is 23.7 Å². The van der Waals surface area contributed by atoms with Crippen molar-refractivity contribution >= 4 is 35.2 Å². The van der Waals surface area contributed by atoms with Crippen molar-refractivity contribution in [3.63, 3.8) is 0 Å². The van der Waals surface area contributed by atoms with E-state index in [1.807, 2.05) is 36.4 Å². The van der Waals surface area contributed by atoms with Crippen LogP contribution in [-0.4, -0.2) is 31.3 Å². The molecule has 0 aliphatic carbocycles. The third kappa shape index (κ3) is 7.07. The Bertz CT molecular complexity index is 704. The Morgan fingerprint density at radius 2 is 1.76 bits per heavy atom. The van der Waals surface area contributed by atoms with Crippen LogP contribution in [0.15, 0.2) is 53.4 Å². The van der Waals surface area contributed by atoms with Crippen LogP contribution in [0.3, 0.4) is 0 Å². The van der Waals surface area contributed by atoms with Crippen LogP contribution in [0.5, 0.6) is 5.75 Å². The lowest BCUT2D eigenvalue weighted by molar-refractivity contribution is -0.145. The molecule has 7 heteroatoms. The number of ether oxygens (including phenoxy) is 2. The zero-order valence-corrected chi connectivity index (χ0v) is 15.2. The lowest BCUT2D eigenvalue weighted by Gasteiger charge is -2.07. The second kappa shape index (κ2) is 9.96. The number of carbonyl (C=O) groups excluding carboxylic acids is 2. The minimum absolute atomic E-state index is 0.132. The Labute approximate surface area is 155 Å². The van der Waals surface area contributed by atoms with E-state index in [2.05, 4.69) is 5.32 Å². The molecule has 0 heterocycles. The van der Waals surface area contributed by atoms with Crippen LogP contribution < -0.4 is 10.1 Å². The number of nitrogens with one attached hydrogen (secondary N) is 1. The molecule has 2 aromatic rings. The van der Waals surface area contributed by atoms with E-state index in [1.54, 1.807) is 19.2 Å². The molecule has 0 unspecified atom stereocenters. The summed E-state index contributed by atoms with van der Waals surface area (Å²) in [5.41, 5.74) is 0.929. The third-order valence-corrected chi connectivity index (χ3v) is 4.42. The molecule has 2 aromatic carbocycles. The predicted octanol–water partition coefficient (Wildman–Crippen LogP) is 3.30. The number of benzene rings is 2. The quantitative estimate of drug-likeness (QED) is 0.563. The number of amides is 1. The van der Waals surface area contributed by atoms with Crippen LogP contribution in [0, 0.1) is 0 Å². The number of hydrogen-bond acceptors (Lipinski definition) is 5. The fraction of sp³-hybridized carbons (Fsp3) is 0.222. The van der Waals surface area contributed by atoms with Crippen molar-refractivity contribution in [2.45, 2.75) is 11.4 Å². The van der Waals surface area contributed by atoms with E-state index in [0.717, 1.165) is 16.2 Å². The first-order valence-corrected chi connectivity index (χ1v) is 8.87. The Morgan fingerprint density at radius 1 is 1.08 bits per heavy atom. The third-order valence-electron chi connectivity index (χ3n) is 3.18. The highest BCUT2D eigenvalue weighted by atomic mass is 35.5. The normalized spacial score (nSPS) is 10.2. The van der Waals surface area contributed by atoms with E-state index in [-0.39, 0.29) is 18.3 Å². The van der Waals surface area contributed by atoms with Crippen LogP contribution in [0.1, 0.15) is 5.56 Å². The van der Waals surface area contributed by atoms with Gasteiger partial charge in [-0.05, 0) is 42.0 Å². The molecule has 25 heavy (non-hydrogen) atoms. The molecule has 0 saturated carbocycles. The van der Waals surface area contributed by atoms with Gasteiger partial charge >= 0.3 is 5.97 Å². The first kappa shape index (κ1) is 19.1. The molecule has 132 valence electrons. The first-order valence-electron chi connectivity index (χ1n) is 7.50. The number of hydrogen-bond donors (Lipinski definition) is 1. The van der Waals surface area contributed by atoms with Crippen molar-refractivity contribution in [3.8, 4) is 5.75 Å². The predicted molar refractivity (Wildman–Crippen MR) is 98.0 cm³/mol. The second-order valence-electron chi connectivity index (χ2n) is 5.03. The molecule has 0 aliphatic rings. The number of thioether (sulfide) groups is 1. The zero-order chi connectivity index (χ0) is 18.1. The summed E-state index contributed by atoms with van der Waals surface area (Å²) in [6.07, 6.45) is 0. The van der Waals surface area contributed by atoms with Crippen LogP contribution in [0.2, 0.25) is 5.02 Å². The lowest BCUT2D eigenvalue weighted by Crippen LogP contribution is -2.28. The van der Waals surface area contributed by atoms with E-state index in [9.17, 15) is 9.59 Å². The van der Waals surface area contributed by atoms with Crippen LogP contribution >= 0.6 is 23.4 Å². The molecule has 0 bridgehead atoms. The molecule has 0 atom stereocenters. The molecule has 0 radical (unpaired) electrons. The topological polar surface area (TPSA) is 64.6 Å². The summed E-state index contributed by atoms with van der Waals surface area (Å²) < 4.78 is 10.0. The molecule has 1 amide bonds. The molecule has 2 rings (SSSR count). The molecular weight excluding hydrogens is 362 g/mol. The van der Waals surface area contributed by atoms with Gasteiger partial charge in [-0.15, -0.1) is 11.8 Å². The van der Waals surface area contributed by atoms with Gasteiger partial charge in [-0.3, -0.25) is 9.59 Å². The molecule has 0 spiro atoms. The van der Waals surface area contributed by atoms with Gasteiger partial charge in [0.1, 0.15) is 5.75 Å². The number of rotatable bonds is 8. The van der Waals surface area contributed by atoms with E-state index < -0.39 is 5.97 Å². The summed E-state index contributed by atoms with van der Waals surface area (Å²) in [5.74, 6) is 0.0929. The number of halogens is 1. The summed E-state index contributed by atoms with van der Waals surface area (Å²) in [5, 5.41) is 3.33. The highest BCUT2D eigenvalue weighted by molar-refractivity contribution is 8.00. The molecule has 0 fully saturated rings. The van der Waals surface area contributed by atoms with E-state index in [1.165, 1.54) is 11.8 Å². The van der Waals surface area contributed by atoms with E-state index >= 15 is 0 Å². The summed E-state index contributed by atoms with van der Waals surface area (Å²) >= 11 is 7.12. The number of esters is 1. The van der Waals surface area contributed by atoms with Crippen molar-refractivity contribution in [2.24, 2.45) is 0 Å². The molecule has 0 saturated heterocycles. The van der Waals surface area contributed by atoms with E-state index in [0.29, 0.717) is 11.6 Å². The van der Waals surface area contributed by atoms with Gasteiger partial charge in [0.05, 0.1) is 12.9 Å². The average Bonchev–Trinajstić information content (AvgIpc) is 2.64. The summed E-state index contributed by atoms with van der Waals surface area (Å²) in [6, 6.07) is 14.5. The highest BCUT2D eigenvalue weighted by Gasteiger charge is 2.08. The smallest absolute Gasteiger partial charge is 0.316 e. The average molecular weight is 380 g/mol. The molecule has 0 aromatic heterocycles. The standard InChI is InChI=1S/C18H18ClNO4S/c1-23-15-6-2-13(3-7-15)10-20-17(21)11-24-18(22)12-25-16-8-4-14(19)5-9-16/h2-9H,10-12H2,1H3,(H,20,21). The van der Waals surface area contributed by atoms with E-state index in [4.69, 9.17) is 21.1 Å². The minimum atomic E-state index is -0.445. The Balaban J connectivity index is 1.64. The maximum absolute atomic E-state index is 11.7. The van der Waals surface area contributed by atoms with Gasteiger partial charge in [-0.2, -0.15) is 0 Å². The van der Waals surface area contributed by atoms with Crippen LogP contribution in [-0.2, 0) is 20.9 Å². The zero-order valence-electron chi connectivity index (χ0n) is 13.7. The Kier molecular flexibility index (Phi) is 7.63. The van der Waals surface area contributed by atoms with Crippen molar-refractivity contribution in [1.82, 2.24) is 5.32 Å². The second-order valence-corrected chi connectivity index (χ2v) is 6.51. The molecule has 1 N–H and O–H groups in total. The highest BCUT2D eigenvalue weighted by Crippen LogP contribution is 2.20. The van der Waals surface area contributed by atoms with Crippen molar-refractivity contribution in [3.05, 3.63) is 59.1 Å².